The van der Waals surface area contributed by atoms with Gasteiger partial charge in [-0.25, -0.2) is 0 Å². The van der Waals surface area contributed by atoms with Crippen molar-refractivity contribution in [2.75, 3.05) is 7.11 Å². The van der Waals surface area contributed by atoms with Gasteiger partial charge in [-0.2, -0.15) is 4.98 Å². The number of rotatable bonds is 10. The molecule has 0 fully saturated rings. The summed E-state index contributed by atoms with van der Waals surface area (Å²) in [7, 11) is 1.39. The van der Waals surface area contributed by atoms with Crippen molar-refractivity contribution >= 4 is 11.7 Å². The molecule has 1 N–H and O–H groups in total. The molecule has 1 unspecified atom stereocenters. The van der Waals surface area contributed by atoms with Gasteiger partial charge in [-0.15, -0.1) is 0 Å². The molecule has 30 heavy (non-hydrogen) atoms. The van der Waals surface area contributed by atoms with Crippen LogP contribution in [0, 0.1) is 5.92 Å². The molecule has 0 bridgehead atoms. The first-order valence-electron chi connectivity index (χ1n) is 9.42. The second-order valence-electron chi connectivity index (χ2n) is 6.71. The highest BCUT2D eigenvalue weighted by atomic mass is 16.6. The molecule has 3 aromatic rings. The standard InChI is InChI=1S/C22H23N3O5/c1-15(24-28-2)19(22(26)27)12-17-8-10-18(11-9-17)29-14-21-23-20(25-30-21)13-16-6-4-3-5-7-16/h3-11,19H,12-14H2,1-2H3,(H,26,27). The lowest BCUT2D eigenvalue weighted by Crippen LogP contribution is -2.24. The summed E-state index contributed by atoms with van der Waals surface area (Å²) in [6.07, 6.45) is 0.899. The van der Waals surface area contributed by atoms with Crippen LogP contribution < -0.4 is 4.74 Å². The lowest BCUT2D eigenvalue weighted by molar-refractivity contribution is -0.139. The van der Waals surface area contributed by atoms with E-state index in [2.05, 4.69) is 20.1 Å². The number of carboxylic acid groups (broad SMARTS) is 1. The summed E-state index contributed by atoms with van der Waals surface area (Å²) in [5, 5.41) is 17.1. The Morgan fingerprint density at radius 2 is 1.87 bits per heavy atom. The lowest BCUT2D eigenvalue weighted by Gasteiger charge is -2.12. The van der Waals surface area contributed by atoms with Crippen LogP contribution in [-0.4, -0.2) is 34.0 Å². The van der Waals surface area contributed by atoms with Crippen molar-refractivity contribution < 1.29 is 24.0 Å². The Bertz CT molecular complexity index is 984. The Morgan fingerprint density at radius 1 is 1.13 bits per heavy atom. The van der Waals surface area contributed by atoms with Gasteiger partial charge in [-0.1, -0.05) is 52.8 Å². The van der Waals surface area contributed by atoms with E-state index in [1.54, 1.807) is 19.1 Å². The second-order valence-corrected chi connectivity index (χ2v) is 6.71. The fourth-order valence-corrected chi connectivity index (χ4v) is 2.92. The third-order valence-corrected chi connectivity index (χ3v) is 4.48. The normalized spacial score (nSPS) is 12.4. The molecule has 8 nitrogen and oxygen atoms in total. The predicted octanol–water partition coefficient (Wildman–Crippen LogP) is 3.51. The number of hydrogen-bond acceptors (Lipinski definition) is 7. The van der Waals surface area contributed by atoms with E-state index in [0.717, 1.165) is 11.1 Å². The second kappa shape index (κ2) is 10.2. The van der Waals surface area contributed by atoms with Crippen LogP contribution >= 0.6 is 0 Å². The van der Waals surface area contributed by atoms with Gasteiger partial charge in [0.25, 0.3) is 5.89 Å². The first-order valence-corrected chi connectivity index (χ1v) is 9.42. The van der Waals surface area contributed by atoms with Gasteiger partial charge in [0.2, 0.25) is 0 Å². The molecule has 1 aromatic heterocycles. The molecule has 3 rings (SSSR count). The monoisotopic (exact) mass is 409 g/mol. The minimum absolute atomic E-state index is 0.151. The number of ether oxygens (including phenoxy) is 1. The van der Waals surface area contributed by atoms with Crippen LogP contribution in [0.2, 0.25) is 0 Å². The molecule has 2 aromatic carbocycles. The van der Waals surface area contributed by atoms with Gasteiger partial charge in [0.05, 0.1) is 5.71 Å². The zero-order chi connectivity index (χ0) is 21.3. The van der Waals surface area contributed by atoms with Crippen molar-refractivity contribution in [3.63, 3.8) is 0 Å². The van der Waals surface area contributed by atoms with Gasteiger partial charge in [-0.05, 0) is 36.6 Å². The third kappa shape index (κ3) is 5.91. The van der Waals surface area contributed by atoms with Gasteiger partial charge in [0, 0.05) is 6.42 Å². The summed E-state index contributed by atoms with van der Waals surface area (Å²) in [5.74, 6) is -0.0875. The van der Waals surface area contributed by atoms with E-state index in [0.29, 0.717) is 36.0 Å². The maximum absolute atomic E-state index is 11.5. The van der Waals surface area contributed by atoms with Crippen LogP contribution in [0.5, 0.6) is 5.75 Å². The van der Waals surface area contributed by atoms with Crippen molar-refractivity contribution in [3.8, 4) is 5.75 Å². The number of nitrogens with zero attached hydrogens (tertiary/aromatic N) is 3. The molecule has 0 saturated carbocycles. The van der Waals surface area contributed by atoms with Crippen LogP contribution in [0.3, 0.4) is 0 Å². The summed E-state index contributed by atoms with van der Waals surface area (Å²) in [4.78, 5) is 20.5. The number of aromatic nitrogens is 2. The van der Waals surface area contributed by atoms with E-state index in [9.17, 15) is 9.90 Å². The van der Waals surface area contributed by atoms with Gasteiger partial charge in [0.15, 0.2) is 12.4 Å². The molecule has 0 radical (unpaired) electrons. The maximum atomic E-state index is 11.5. The zero-order valence-corrected chi connectivity index (χ0v) is 16.8. The van der Waals surface area contributed by atoms with E-state index in [4.69, 9.17) is 9.26 Å². The molecule has 0 spiro atoms. The Morgan fingerprint density at radius 3 is 2.53 bits per heavy atom. The predicted molar refractivity (Wildman–Crippen MR) is 109 cm³/mol. The smallest absolute Gasteiger partial charge is 0.312 e. The topological polar surface area (TPSA) is 107 Å². The first-order chi connectivity index (χ1) is 14.5. The summed E-state index contributed by atoms with van der Waals surface area (Å²) in [6, 6.07) is 17.1. The molecule has 8 heteroatoms. The number of carboxylic acids is 1. The Kier molecular flexibility index (Phi) is 7.15. The fourth-order valence-electron chi connectivity index (χ4n) is 2.92. The molecule has 0 aliphatic carbocycles. The number of oxime groups is 1. The largest absolute Gasteiger partial charge is 0.484 e. The van der Waals surface area contributed by atoms with Crippen LogP contribution in [0.25, 0.3) is 0 Å². The van der Waals surface area contributed by atoms with Crippen LogP contribution in [0.15, 0.2) is 64.3 Å². The number of benzene rings is 2. The van der Waals surface area contributed by atoms with Gasteiger partial charge in [0.1, 0.15) is 18.8 Å². The van der Waals surface area contributed by atoms with Gasteiger partial charge in [-0.3, -0.25) is 4.79 Å². The quantitative estimate of drug-likeness (QED) is 0.403. The minimum atomic E-state index is -0.948. The van der Waals surface area contributed by atoms with Crippen molar-refractivity contribution in [2.45, 2.75) is 26.4 Å². The summed E-state index contributed by atoms with van der Waals surface area (Å²) < 4.78 is 10.9. The van der Waals surface area contributed by atoms with Crippen LogP contribution in [-0.2, 0) is 29.1 Å². The van der Waals surface area contributed by atoms with Crippen LogP contribution in [0.1, 0.15) is 29.8 Å². The Balaban J connectivity index is 1.55. The number of aliphatic carboxylic acids is 1. The van der Waals surface area contributed by atoms with E-state index < -0.39 is 11.9 Å². The third-order valence-electron chi connectivity index (χ3n) is 4.48. The van der Waals surface area contributed by atoms with Crippen molar-refractivity contribution in [1.29, 1.82) is 0 Å². The molecule has 0 amide bonds. The highest BCUT2D eigenvalue weighted by molar-refractivity contribution is 6.00. The molecule has 156 valence electrons. The molecule has 1 heterocycles. The first kappa shape index (κ1) is 21.0. The Hall–Kier alpha value is -3.68. The molecule has 0 aliphatic rings. The Labute approximate surface area is 174 Å². The molecular weight excluding hydrogens is 386 g/mol. The summed E-state index contributed by atoms with van der Waals surface area (Å²) >= 11 is 0. The average Bonchev–Trinajstić information content (AvgIpc) is 3.19. The van der Waals surface area contributed by atoms with E-state index in [1.165, 1.54) is 7.11 Å². The SMILES string of the molecule is CON=C(C)C(Cc1ccc(OCc2nc(Cc3ccccc3)no2)cc1)C(=O)O. The fraction of sp³-hybridized carbons (Fsp3) is 0.273. The molecular formula is C22H23N3O5. The highest BCUT2D eigenvalue weighted by Gasteiger charge is 2.22. The number of hydrogen-bond donors (Lipinski definition) is 1. The van der Waals surface area contributed by atoms with Gasteiger partial charge < -0.3 is 19.2 Å². The van der Waals surface area contributed by atoms with E-state index >= 15 is 0 Å². The van der Waals surface area contributed by atoms with Crippen molar-refractivity contribution in [1.82, 2.24) is 10.1 Å². The highest BCUT2D eigenvalue weighted by Crippen LogP contribution is 2.18. The van der Waals surface area contributed by atoms with E-state index in [1.807, 2.05) is 42.5 Å². The van der Waals surface area contributed by atoms with Crippen LogP contribution in [0.4, 0.5) is 0 Å². The summed E-state index contributed by atoms with van der Waals surface area (Å²) in [5.41, 5.74) is 2.36. The summed E-state index contributed by atoms with van der Waals surface area (Å²) in [6.45, 7) is 1.79. The van der Waals surface area contributed by atoms with Crippen molar-refractivity contribution in [2.24, 2.45) is 11.1 Å². The molecule has 0 saturated heterocycles. The maximum Gasteiger partial charge on any atom is 0.312 e. The molecule has 1 atom stereocenters. The van der Waals surface area contributed by atoms with Crippen molar-refractivity contribution in [3.05, 3.63) is 77.4 Å². The van der Waals surface area contributed by atoms with Gasteiger partial charge >= 0.3 is 5.97 Å². The number of carbonyl (C=O) groups is 1. The average molecular weight is 409 g/mol. The lowest BCUT2D eigenvalue weighted by atomic mass is 9.95. The minimum Gasteiger partial charge on any atom is -0.484 e. The van der Waals surface area contributed by atoms with E-state index in [-0.39, 0.29) is 6.61 Å². The molecule has 0 aliphatic heterocycles. The zero-order valence-electron chi connectivity index (χ0n) is 16.8.